The lowest BCUT2D eigenvalue weighted by Crippen LogP contribution is -2.53. The van der Waals surface area contributed by atoms with E-state index in [9.17, 15) is 9.50 Å². The van der Waals surface area contributed by atoms with E-state index in [1.807, 2.05) is 0 Å². The van der Waals surface area contributed by atoms with Gasteiger partial charge >= 0.3 is 0 Å². The summed E-state index contributed by atoms with van der Waals surface area (Å²) in [5, 5.41) is 9.52. The second-order valence-electron chi connectivity index (χ2n) is 6.72. The van der Waals surface area contributed by atoms with E-state index in [2.05, 4.69) is 29.7 Å². The van der Waals surface area contributed by atoms with Crippen LogP contribution in [0.1, 0.15) is 12.0 Å². The number of hydrogen-bond acceptors (Lipinski definition) is 7. The number of aromatic nitrogens is 4. The zero-order chi connectivity index (χ0) is 18.8. The number of fused-ring (bicyclic) bond motifs is 1. The lowest BCUT2D eigenvalue weighted by molar-refractivity contribution is 0.135. The number of nitrogens with zero attached hydrogens (tertiary/aromatic N) is 5. The van der Waals surface area contributed by atoms with E-state index in [1.54, 1.807) is 18.5 Å². The Balaban J connectivity index is 1.55. The molecule has 27 heavy (non-hydrogen) atoms. The third kappa shape index (κ3) is 3.69. The van der Waals surface area contributed by atoms with Crippen LogP contribution < -0.4 is 10.6 Å². The van der Waals surface area contributed by atoms with E-state index >= 15 is 0 Å². The van der Waals surface area contributed by atoms with Crippen molar-refractivity contribution in [1.82, 2.24) is 24.8 Å². The van der Waals surface area contributed by atoms with Gasteiger partial charge in [-0.25, -0.2) is 9.37 Å². The van der Waals surface area contributed by atoms with E-state index in [1.165, 1.54) is 12.1 Å². The van der Waals surface area contributed by atoms with Crippen LogP contribution in [0.3, 0.4) is 0 Å². The van der Waals surface area contributed by atoms with Crippen molar-refractivity contribution in [2.75, 3.05) is 36.9 Å². The van der Waals surface area contributed by atoms with Gasteiger partial charge in [-0.1, -0.05) is 12.1 Å². The summed E-state index contributed by atoms with van der Waals surface area (Å²) >= 11 is 0. The van der Waals surface area contributed by atoms with Gasteiger partial charge in [0.05, 0.1) is 6.33 Å². The number of anilines is 2. The topological polar surface area (TPSA) is 107 Å². The van der Waals surface area contributed by atoms with Crippen molar-refractivity contribution in [3.63, 3.8) is 0 Å². The Morgan fingerprint density at radius 2 is 2.04 bits per heavy atom. The largest absolute Gasteiger partial charge is 0.396 e. The summed E-state index contributed by atoms with van der Waals surface area (Å²) in [5.41, 5.74) is 8.20. The summed E-state index contributed by atoms with van der Waals surface area (Å²) < 4.78 is 13.2. The van der Waals surface area contributed by atoms with Crippen LogP contribution in [0.2, 0.25) is 0 Å². The highest BCUT2D eigenvalue weighted by Gasteiger charge is 2.29. The fourth-order valence-corrected chi connectivity index (χ4v) is 3.60. The van der Waals surface area contributed by atoms with Crippen molar-refractivity contribution < 1.29 is 9.50 Å². The second kappa shape index (κ2) is 7.45. The highest BCUT2D eigenvalue weighted by Crippen LogP contribution is 2.26. The molecule has 1 fully saturated rings. The molecule has 2 aromatic heterocycles. The number of nitrogens with two attached hydrogens (primary N) is 1. The number of aliphatic hydroxyl groups is 1. The molecule has 0 unspecified atom stereocenters. The molecule has 0 spiro atoms. The molecular formula is C18H22FN7O. The van der Waals surface area contributed by atoms with Gasteiger partial charge < -0.3 is 20.7 Å². The van der Waals surface area contributed by atoms with Crippen molar-refractivity contribution >= 4 is 22.9 Å². The van der Waals surface area contributed by atoms with Gasteiger partial charge in [0, 0.05) is 38.8 Å². The number of nitrogen functional groups attached to an aromatic ring is 1. The lowest BCUT2D eigenvalue weighted by atomic mass is 10.1. The Labute approximate surface area is 155 Å². The van der Waals surface area contributed by atoms with Crippen LogP contribution in [0.4, 0.5) is 16.2 Å². The quantitative estimate of drug-likeness (QED) is 0.617. The van der Waals surface area contributed by atoms with E-state index in [-0.39, 0.29) is 24.4 Å². The van der Waals surface area contributed by atoms with E-state index in [0.717, 1.165) is 30.0 Å². The molecule has 9 heteroatoms. The van der Waals surface area contributed by atoms with Crippen molar-refractivity contribution in [1.29, 1.82) is 0 Å². The molecule has 142 valence electrons. The van der Waals surface area contributed by atoms with Crippen LogP contribution in [-0.2, 0) is 6.54 Å². The van der Waals surface area contributed by atoms with Crippen molar-refractivity contribution in [3.8, 4) is 0 Å². The Hall–Kier alpha value is -2.78. The molecule has 4 rings (SSSR count). The average Bonchev–Trinajstić information content (AvgIpc) is 3.13. The minimum atomic E-state index is -0.236. The molecule has 4 N–H and O–H groups in total. The van der Waals surface area contributed by atoms with Crippen LogP contribution in [0.5, 0.6) is 0 Å². The van der Waals surface area contributed by atoms with E-state index in [0.29, 0.717) is 25.2 Å². The van der Waals surface area contributed by atoms with E-state index < -0.39 is 0 Å². The smallest absolute Gasteiger partial charge is 0.224 e. The number of rotatable bonds is 5. The number of imidazole rings is 1. The summed E-state index contributed by atoms with van der Waals surface area (Å²) in [6.07, 6.45) is 2.22. The highest BCUT2D eigenvalue weighted by molar-refractivity contribution is 5.84. The molecule has 3 aromatic rings. The average molecular weight is 371 g/mol. The zero-order valence-corrected chi connectivity index (χ0v) is 14.8. The molecule has 0 radical (unpaired) electrons. The number of hydrogen-bond donors (Lipinski definition) is 3. The maximum Gasteiger partial charge on any atom is 0.224 e. The Morgan fingerprint density at radius 1 is 1.22 bits per heavy atom. The maximum atomic E-state index is 13.2. The molecule has 1 atom stereocenters. The second-order valence-corrected chi connectivity index (χ2v) is 6.72. The molecule has 1 saturated heterocycles. The number of benzene rings is 1. The first-order valence-corrected chi connectivity index (χ1v) is 8.95. The number of piperazine rings is 1. The van der Waals surface area contributed by atoms with Gasteiger partial charge in [0.25, 0.3) is 0 Å². The summed E-state index contributed by atoms with van der Waals surface area (Å²) in [7, 11) is 0. The molecule has 3 heterocycles. The molecule has 1 aliphatic rings. The molecular weight excluding hydrogens is 349 g/mol. The maximum absolute atomic E-state index is 13.2. The van der Waals surface area contributed by atoms with Gasteiger partial charge in [0.1, 0.15) is 11.3 Å². The van der Waals surface area contributed by atoms with Gasteiger partial charge in [-0.15, -0.1) is 0 Å². The molecule has 0 bridgehead atoms. The predicted molar refractivity (Wildman–Crippen MR) is 101 cm³/mol. The van der Waals surface area contributed by atoms with Crippen LogP contribution in [-0.4, -0.2) is 62.2 Å². The lowest BCUT2D eigenvalue weighted by Gasteiger charge is -2.42. The van der Waals surface area contributed by atoms with Gasteiger partial charge in [0.15, 0.2) is 11.5 Å². The van der Waals surface area contributed by atoms with Crippen LogP contribution in [0, 0.1) is 5.82 Å². The number of halogens is 1. The van der Waals surface area contributed by atoms with Crippen LogP contribution in [0.15, 0.2) is 30.6 Å². The monoisotopic (exact) mass is 371 g/mol. The van der Waals surface area contributed by atoms with Crippen molar-refractivity contribution in [2.24, 2.45) is 0 Å². The Morgan fingerprint density at radius 3 is 2.81 bits per heavy atom. The number of aromatic amines is 1. The number of H-pyrrole nitrogens is 1. The van der Waals surface area contributed by atoms with Crippen molar-refractivity contribution in [2.45, 2.75) is 19.0 Å². The van der Waals surface area contributed by atoms with Crippen LogP contribution in [0.25, 0.3) is 11.2 Å². The van der Waals surface area contributed by atoms with Gasteiger partial charge in [0.2, 0.25) is 5.95 Å². The third-order valence-electron chi connectivity index (χ3n) is 4.95. The van der Waals surface area contributed by atoms with Gasteiger partial charge in [-0.2, -0.15) is 9.97 Å². The minimum absolute atomic E-state index is 0.101. The molecule has 1 aliphatic heterocycles. The number of nitrogens with one attached hydrogen (secondary N) is 1. The highest BCUT2D eigenvalue weighted by atomic mass is 19.1. The Kier molecular flexibility index (Phi) is 4.87. The SMILES string of the molecule is Nc1nc(N2CCN(Cc3ccc(F)cc3)[C@@H](CCO)C2)c2[nH]cnc2n1. The summed E-state index contributed by atoms with van der Waals surface area (Å²) in [5.74, 6) is 0.692. The molecule has 0 amide bonds. The Bertz CT molecular complexity index is 914. The van der Waals surface area contributed by atoms with Gasteiger partial charge in [-0.05, 0) is 24.1 Å². The van der Waals surface area contributed by atoms with Crippen molar-refractivity contribution in [3.05, 3.63) is 42.0 Å². The summed E-state index contributed by atoms with van der Waals surface area (Å²) in [6, 6.07) is 6.70. The first-order valence-electron chi connectivity index (χ1n) is 8.95. The first kappa shape index (κ1) is 17.6. The summed E-state index contributed by atoms with van der Waals surface area (Å²) in [6.45, 7) is 3.07. The summed E-state index contributed by atoms with van der Waals surface area (Å²) in [4.78, 5) is 20.3. The van der Waals surface area contributed by atoms with Crippen LogP contribution >= 0.6 is 0 Å². The molecule has 0 aliphatic carbocycles. The minimum Gasteiger partial charge on any atom is -0.396 e. The third-order valence-corrected chi connectivity index (χ3v) is 4.95. The predicted octanol–water partition coefficient (Wildman–Crippen LogP) is 1.15. The van der Waals surface area contributed by atoms with Gasteiger partial charge in [-0.3, -0.25) is 4.90 Å². The fraction of sp³-hybridized carbons (Fsp3) is 0.389. The molecule has 8 nitrogen and oxygen atoms in total. The van der Waals surface area contributed by atoms with E-state index in [4.69, 9.17) is 5.73 Å². The number of aliphatic hydroxyl groups excluding tert-OH is 1. The zero-order valence-electron chi connectivity index (χ0n) is 14.8. The molecule has 1 aromatic carbocycles. The normalized spacial score (nSPS) is 18.3. The molecule has 0 saturated carbocycles. The standard InChI is InChI=1S/C18H22FN7O/c19-13-3-1-12(2-4-13)9-25-6-7-26(10-14(25)5-8-27)17-15-16(22-11-21-15)23-18(20)24-17/h1-4,11,14,27H,5-10H2,(H3,20,21,22,23,24)/t14-/m0/s1. The fourth-order valence-electron chi connectivity index (χ4n) is 3.60. The first-order chi connectivity index (χ1) is 13.1.